The maximum Gasteiger partial charge on any atom is 0.459 e. The fourth-order valence-electron chi connectivity index (χ4n) is 3.62. The van der Waals surface area contributed by atoms with E-state index in [1.54, 1.807) is 37.3 Å². The lowest BCUT2D eigenvalue weighted by Crippen LogP contribution is -2.37. The number of ether oxygens (including phenoxy) is 3. The average molecular weight is 523 g/mol. The largest absolute Gasteiger partial charge is 0.464 e. The monoisotopic (exact) mass is 523 g/mol. The number of para-hydroxylation sites is 1. The van der Waals surface area contributed by atoms with Gasteiger partial charge in [-0.2, -0.15) is 5.09 Å². The van der Waals surface area contributed by atoms with Gasteiger partial charge in [-0.1, -0.05) is 24.6 Å². The normalized spacial score (nSPS) is 22.4. The predicted octanol–water partition coefficient (Wildman–Crippen LogP) is 2.24. The van der Waals surface area contributed by atoms with E-state index in [0.29, 0.717) is 18.1 Å². The number of carbonyl (C=O) groups excluding carboxylic acids is 1. The molecule has 1 aromatic heterocycles. The van der Waals surface area contributed by atoms with Crippen molar-refractivity contribution < 1.29 is 32.6 Å². The summed E-state index contributed by atoms with van der Waals surface area (Å²) in [6.45, 7) is 3.07. The van der Waals surface area contributed by atoms with Gasteiger partial charge in [0.25, 0.3) is 5.56 Å². The van der Waals surface area contributed by atoms with Crippen LogP contribution >= 0.6 is 7.75 Å². The number of carbonyl (C=O) groups is 1. The third-order valence-corrected chi connectivity index (χ3v) is 7.57. The third kappa shape index (κ3) is 6.71. The van der Waals surface area contributed by atoms with E-state index in [1.165, 1.54) is 17.7 Å². The van der Waals surface area contributed by atoms with Crippen molar-refractivity contribution in [2.45, 2.75) is 51.7 Å². The number of benzene rings is 1. The van der Waals surface area contributed by atoms with E-state index in [2.05, 4.69) is 10.1 Å². The number of hydrogen-bond acceptors (Lipinski definition) is 9. The predicted molar refractivity (Wildman–Crippen MR) is 127 cm³/mol. The first-order chi connectivity index (χ1) is 17.2. The molecular formula is C23H30N3O9P. The summed E-state index contributed by atoms with van der Waals surface area (Å²) in [5.41, 5.74) is -0.795. The molecule has 13 heteroatoms. The van der Waals surface area contributed by atoms with Gasteiger partial charge in [0.05, 0.1) is 13.2 Å². The van der Waals surface area contributed by atoms with Gasteiger partial charge in [0, 0.05) is 11.8 Å². The highest BCUT2D eigenvalue weighted by atomic mass is 31.2. The summed E-state index contributed by atoms with van der Waals surface area (Å²) in [7, 11) is -4.09. The minimum atomic E-state index is -4.09. The van der Waals surface area contributed by atoms with Gasteiger partial charge < -0.3 is 18.7 Å². The van der Waals surface area contributed by atoms with Crippen LogP contribution in [0.5, 0.6) is 5.75 Å². The van der Waals surface area contributed by atoms with Crippen LogP contribution < -0.4 is 20.9 Å². The highest BCUT2D eigenvalue weighted by molar-refractivity contribution is 7.52. The molecule has 0 radical (unpaired) electrons. The zero-order valence-electron chi connectivity index (χ0n) is 20.1. The molecule has 1 saturated carbocycles. The number of nitrogens with zero attached hydrogens (tertiary/aromatic N) is 1. The lowest BCUT2D eigenvalue weighted by Gasteiger charge is -2.26. The van der Waals surface area contributed by atoms with Crippen molar-refractivity contribution in [2.75, 3.05) is 19.8 Å². The molecule has 2 unspecified atom stereocenters. The molecule has 4 rings (SSSR count). The van der Waals surface area contributed by atoms with Crippen LogP contribution in [0.2, 0.25) is 0 Å². The maximum atomic E-state index is 13.6. The van der Waals surface area contributed by atoms with Gasteiger partial charge in [-0.3, -0.25) is 23.7 Å². The third-order valence-electron chi connectivity index (χ3n) is 5.93. The molecule has 196 valence electrons. The Bertz CT molecular complexity index is 1210. The fourth-order valence-corrected chi connectivity index (χ4v) is 5.10. The Balaban J connectivity index is 1.39. The van der Waals surface area contributed by atoms with Crippen LogP contribution in [0.25, 0.3) is 0 Å². The molecule has 0 bridgehead atoms. The van der Waals surface area contributed by atoms with Crippen LogP contribution in [0.1, 0.15) is 38.0 Å². The van der Waals surface area contributed by atoms with Gasteiger partial charge in [-0.25, -0.2) is 9.36 Å². The topological polar surface area (TPSA) is 147 Å². The highest BCUT2D eigenvalue weighted by Crippen LogP contribution is 2.45. The molecule has 0 amide bonds. The van der Waals surface area contributed by atoms with E-state index in [9.17, 15) is 18.9 Å². The Labute approximate surface area is 207 Å². The van der Waals surface area contributed by atoms with E-state index in [1.807, 2.05) is 0 Å². The van der Waals surface area contributed by atoms with E-state index in [4.69, 9.17) is 23.3 Å². The molecule has 0 spiro atoms. The lowest BCUT2D eigenvalue weighted by molar-refractivity contribution is -0.147. The fraction of sp³-hybridized carbons (Fsp3) is 0.522. The highest BCUT2D eigenvalue weighted by Gasteiger charge is 2.36. The van der Waals surface area contributed by atoms with Crippen molar-refractivity contribution in [3.05, 3.63) is 62.9 Å². The van der Waals surface area contributed by atoms with Gasteiger partial charge in [0.15, 0.2) is 12.5 Å². The smallest absolute Gasteiger partial charge is 0.459 e. The zero-order chi connectivity index (χ0) is 25.7. The summed E-state index contributed by atoms with van der Waals surface area (Å²) in [5.74, 6) is 0.0709. The first-order valence-corrected chi connectivity index (χ1v) is 13.3. The van der Waals surface area contributed by atoms with Gasteiger partial charge in [0.1, 0.15) is 18.4 Å². The molecule has 36 heavy (non-hydrogen) atoms. The summed E-state index contributed by atoms with van der Waals surface area (Å²) in [6.07, 6.45) is 2.77. The first-order valence-electron chi connectivity index (χ1n) is 11.8. The number of aryl methyl sites for hydroxylation is 1. The molecule has 1 aliphatic carbocycles. The molecule has 1 aromatic carbocycles. The van der Waals surface area contributed by atoms with Crippen LogP contribution in [0.15, 0.2) is 46.1 Å². The van der Waals surface area contributed by atoms with E-state index >= 15 is 0 Å². The molecule has 2 N–H and O–H groups in total. The number of aromatic nitrogens is 2. The molecule has 2 aromatic rings. The van der Waals surface area contributed by atoms with E-state index < -0.39 is 43.5 Å². The van der Waals surface area contributed by atoms with Crippen molar-refractivity contribution in [1.82, 2.24) is 14.6 Å². The summed E-state index contributed by atoms with van der Waals surface area (Å²) in [4.78, 5) is 38.4. The minimum Gasteiger partial charge on any atom is -0.464 e. The number of H-pyrrole nitrogens is 1. The Kier molecular flexibility index (Phi) is 8.43. The first kappa shape index (κ1) is 26.3. The van der Waals surface area contributed by atoms with Crippen LogP contribution in [0.3, 0.4) is 0 Å². The Morgan fingerprint density at radius 2 is 2.00 bits per heavy atom. The van der Waals surface area contributed by atoms with Gasteiger partial charge in [-0.15, -0.1) is 0 Å². The second-order valence-corrected chi connectivity index (χ2v) is 10.5. The number of hydrogen-bond donors (Lipinski definition) is 2. The van der Waals surface area contributed by atoms with Crippen molar-refractivity contribution in [3.8, 4) is 5.75 Å². The number of aromatic amines is 1. The van der Waals surface area contributed by atoms with Crippen molar-refractivity contribution in [3.63, 3.8) is 0 Å². The Morgan fingerprint density at radius 3 is 2.69 bits per heavy atom. The SMILES string of the molecule is Cc1cn([C@H]2CO[C@@H](COP(=O)(NC(C)C(=O)OCC3CCC3)Oc3ccccc3)O2)c(=O)[nH]c1=O. The van der Waals surface area contributed by atoms with Crippen LogP contribution in [0, 0.1) is 12.8 Å². The molecule has 1 aliphatic heterocycles. The van der Waals surface area contributed by atoms with E-state index in [0.717, 1.165) is 19.3 Å². The van der Waals surface area contributed by atoms with Crippen molar-refractivity contribution in [2.24, 2.45) is 5.92 Å². The molecule has 4 atom stereocenters. The number of nitrogens with one attached hydrogen (secondary N) is 2. The molecule has 2 aliphatic rings. The van der Waals surface area contributed by atoms with Crippen molar-refractivity contribution >= 4 is 13.7 Å². The van der Waals surface area contributed by atoms with Gasteiger partial charge in [-0.05, 0) is 44.7 Å². The zero-order valence-corrected chi connectivity index (χ0v) is 21.0. The summed E-state index contributed by atoms with van der Waals surface area (Å²) >= 11 is 0. The maximum absolute atomic E-state index is 13.6. The summed E-state index contributed by atoms with van der Waals surface area (Å²) in [6, 6.07) is 7.40. The average Bonchev–Trinajstić information content (AvgIpc) is 3.28. The van der Waals surface area contributed by atoms with Crippen LogP contribution in [0.4, 0.5) is 0 Å². The van der Waals surface area contributed by atoms with Gasteiger partial charge >= 0.3 is 19.4 Å². The molecule has 1 saturated heterocycles. The summed E-state index contributed by atoms with van der Waals surface area (Å²) < 4.78 is 42.5. The minimum absolute atomic E-state index is 0.000580. The van der Waals surface area contributed by atoms with Crippen molar-refractivity contribution in [1.29, 1.82) is 0 Å². The molecule has 2 fully saturated rings. The van der Waals surface area contributed by atoms with E-state index in [-0.39, 0.29) is 19.0 Å². The Hall–Kier alpha value is -2.76. The molecular weight excluding hydrogens is 493 g/mol. The number of rotatable bonds is 11. The summed E-state index contributed by atoms with van der Waals surface area (Å²) in [5, 5.41) is 2.62. The molecule has 2 heterocycles. The van der Waals surface area contributed by atoms with Crippen LogP contribution in [-0.4, -0.2) is 47.7 Å². The molecule has 12 nitrogen and oxygen atoms in total. The lowest BCUT2D eigenvalue weighted by atomic mass is 9.86. The standard InChI is InChI=1S/C23H30N3O9P/c1-15-11-26(23(29)24-21(15)27)19-13-31-20(34-19)14-33-36(30,35-18-9-4-3-5-10-18)25-16(2)22(28)32-12-17-7-6-8-17/h3-5,9-11,16-17,19-20H,6-8,12-14H2,1-2H3,(H,25,30)(H,24,27,29)/t16?,19-,20-,36?/m1/s1. The second kappa shape index (κ2) is 11.5. The Morgan fingerprint density at radius 1 is 1.25 bits per heavy atom. The number of esters is 1. The van der Waals surface area contributed by atoms with Crippen LogP contribution in [-0.2, 0) is 28.1 Å². The second-order valence-electron chi connectivity index (χ2n) is 8.81. The quantitative estimate of drug-likeness (QED) is 0.332. The van der Waals surface area contributed by atoms with Gasteiger partial charge in [0.2, 0.25) is 0 Å².